The van der Waals surface area contributed by atoms with Crippen LogP contribution in [0.2, 0.25) is 0 Å². The van der Waals surface area contributed by atoms with Crippen LogP contribution in [0.1, 0.15) is 51.1 Å². The summed E-state index contributed by atoms with van der Waals surface area (Å²) >= 11 is 1.92. The van der Waals surface area contributed by atoms with Gasteiger partial charge >= 0.3 is 0 Å². The lowest BCUT2D eigenvalue weighted by Gasteiger charge is -2.02. The smallest absolute Gasteiger partial charge is 0.194 e. The summed E-state index contributed by atoms with van der Waals surface area (Å²) in [4.78, 5) is 4.69. The molecular weight excluding hydrogens is 282 g/mol. The standard InChI is InChI=1S/C16H23N3OS/c1-4-19-16(17-15(18-19)12-5-6-12)14-8-7-13(20-14)10-21-9-11(2)3/h7-8,11-12H,4-6,9-10H2,1-3H3. The van der Waals surface area contributed by atoms with Gasteiger partial charge in [0.2, 0.25) is 0 Å². The predicted molar refractivity (Wildman–Crippen MR) is 86.4 cm³/mol. The lowest BCUT2D eigenvalue weighted by molar-refractivity contribution is 0.530. The molecule has 2 aromatic heterocycles. The second-order valence-electron chi connectivity index (χ2n) is 6.06. The quantitative estimate of drug-likeness (QED) is 0.764. The van der Waals surface area contributed by atoms with E-state index < -0.39 is 0 Å². The Labute approximate surface area is 130 Å². The highest BCUT2D eigenvalue weighted by Gasteiger charge is 2.29. The number of aryl methyl sites for hydroxylation is 1. The first-order valence-electron chi connectivity index (χ1n) is 7.79. The highest BCUT2D eigenvalue weighted by Crippen LogP contribution is 2.39. The maximum absolute atomic E-state index is 5.96. The Kier molecular flexibility index (Phi) is 4.38. The lowest BCUT2D eigenvalue weighted by atomic mass is 10.3. The zero-order valence-corrected chi connectivity index (χ0v) is 13.8. The Morgan fingerprint density at radius 3 is 2.86 bits per heavy atom. The molecule has 2 heterocycles. The summed E-state index contributed by atoms with van der Waals surface area (Å²) in [6.07, 6.45) is 2.45. The normalized spacial score (nSPS) is 15.0. The summed E-state index contributed by atoms with van der Waals surface area (Å²) in [5.74, 6) is 7.10. The van der Waals surface area contributed by atoms with E-state index in [9.17, 15) is 0 Å². The fourth-order valence-electron chi connectivity index (χ4n) is 2.25. The molecule has 0 aliphatic heterocycles. The molecule has 0 radical (unpaired) electrons. The monoisotopic (exact) mass is 305 g/mol. The molecular formula is C16H23N3OS. The zero-order chi connectivity index (χ0) is 14.8. The molecule has 0 atom stereocenters. The van der Waals surface area contributed by atoms with Crippen LogP contribution in [-0.4, -0.2) is 20.5 Å². The molecule has 1 aliphatic carbocycles. The van der Waals surface area contributed by atoms with Crippen LogP contribution in [0, 0.1) is 5.92 Å². The number of aromatic nitrogens is 3. The Bertz CT molecular complexity index is 598. The average molecular weight is 305 g/mol. The summed E-state index contributed by atoms with van der Waals surface area (Å²) in [5, 5.41) is 4.60. The van der Waals surface area contributed by atoms with Gasteiger partial charge in [-0.3, -0.25) is 0 Å². The van der Waals surface area contributed by atoms with E-state index >= 15 is 0 Å². The van der Waals surface area contributed by atoms with E-state index in [2.05, 4.69) is 36.9 Å². The number of furan rings is 1. The van der Waals surface area contributed by atoms with Crippen molar-refractivity contribution in [3.8, 4) is 11.6 Å². The van der Waals surface area contributed by atoms with E-state index in [1.807, 2.05) is 22.5 Å². The molecule has 0 unspecified atom stereocenters. The molecule has 1 aliphatic rings. The summed E-state index contributed by atoms with van der Waals surface area (Å²) in [5.41, 5.74) is 0. The highest BCUT2D eigenvalue weighted by atomic mass is 32.2. The van der Waals surface area contributed by atoms with Gasteiger partial charge in [0.05, 0.1) is 5.75 Å². The third-order valence-corrected chi connectivity index (χ3v) is 4.90. The minimum atomic E-state index is 0.576. The van der Waals surface area contributed by atoms with Crippen molar-refractivity contribution < 1.29 is 4.42 Å². The topological polar surface area (TPSA) is 43.9 Å². The number of hydrogen-bond donors (Lipinski definition) is 0. The molecule has 1 fully saturated rings. The Balaban J connectivity index is 1.73. The molecule has 5 heteroatoms. The van der Waals surface area contributed by atoms with Crippen LogP contribution in [-0.2, 0) is 12.3 Å². The maximum Gasteiger partial charge on any atom is 0.194 e. The second-order valence-corrected chi connectivity index (χ2v) is 7.09. The predicted octanol–water partition coefficient (Wildman–Crippen LogP) is 4.32. The van der Waals surface area contributed by atoms with E-state index in [1.54, 1.807) is 0 Å². The molecule has 0 bridgehead atoms. The molecule has 21 heavy (non-hydrogen) atoms. The molecule has 0 saturated heterocycles. The van der Waals surface area contributed by atoms with Gasteiger partial charge in [0, 0.05) is 12.5 Å². The van der Waals surface area contributed by atoms with Crippen molar-refractivity contribution in [2.24, 2.45) is 5.92 Å². The minimum absolute atomic E-state index is 0.576. The van der Waals surface area contributed by atoms with Crippen molar-refractivity contribution in [1.82, 2.24) is 14.8 Å². The summed E-state index contributed by atoms with van der Waals surface area (Å²) in [6.45, 7) is 7.40. The summed E-state index contributed by atoms with van der Waals surface area (Å²) < 4.78 is 7.92. The minimum Gasteiger partial charge on any atom is -0.457 e. The van der Waals surface area contributed by atoms with Crippen molar-refractivity contribution in [3.63, 3.8) is 0 Å². The fourth-order valence-corrected chi connectivity index (χ4v) is 3.19. The zero-order valence-electron chi connectivity index (χ0n) is 13.0. The highest BCUT2D eigenvalue weighted by molar-refractivity contribution is 7.98. The molecule has 4 nitrogen and oxygen atoms in total. The van der Waals surface area contributed by atoms with Gasteiger partial charge < -0.3 is 4.42 Å². The molecule has 114 valence electrons. The van der Waals surface area contributed by atoms with Gasteiger partial charge in [-0.15, -0.1) is 0 Å². The first kappa shape index (κ1) is 14.7. The summed E-state index contributed by atoms with van der Waals surface area (Å²) in [7, 11) is 0. The van der Waals surface area contributed by atoms with Crippen molar-refractivity contribution in [2.45, 2.75) is 51.8 Å². The van der Waals surface area contributed by atoms with Crippen LogP contribution < -0.4 is 0 Å². The fraction of sp³-hybridized carbons (Fsp3) is 0.625. The molecule has 2 aromatic rings. The Morgan fingerprint density at radius 2 is 2.19 bits per heavy atom. The van der Waals surface area contributed by atoms with Crippen LogP contribution in [0.15, 0.2) is 16.5 Å². The van der Waals surface area contributed by atoms with Crippen LogP contribution in [0.25, 0.3) is 11.6 Å². The molecule has 3 rings (SSSR count). The second kappa shape index (κ2) is 6.26. The van der Waals surface area contributed by atoms with Crippen LogP contribution in [0.3, 0.4) is 0 Å². The largest absolute Gasteiger partial charge is 0.457 e. The van der Waals surface area contributed by atoms with Gasteiger partial charge in [-0.05, 0) is 43.6 Å². The third-order valence-electron chi connectivity index (χ3n) is 3.51. The van der Waals surface area contributed by atoms with Crippen LogP contribution in [0.5, 0.6) is 0 Å². The molecule has 0 N–H and O–H groups in total. The third kappa shape index (κ3) is 3.51. The number of nitrogens with zero attached hydrogens (tertiary/aromatic N) is 3. The van der Waals surface area contributed by atoms with Gasteiger partial charge in [0.15, 0.2) is 17.4 Å². The summed E-state index contributed by atoms with van der Waals surface area (Å²) in [6, 6.07) is 4.09. The number of rotatable bonds is 7. The SMILES string of the molecule is CCn1nc(C2CC2)nc1-c1ccc(CSCC(C)C)o1. The Hall–Kier alpha value is -1.23. The van der Waals surface area contributed by atoms with Crippen LogP contribution >= 0.6 is 11.8 Å². The first-order chi connectivity index (χ1) is 10.2. The number of thioether (sulfide) groups is 1. The maximum atomic E-state index is 5.96. The van der Waals surface area contributed by atoms with Crippen molar-refractivity contribution >= 4 is 11.8 Å². The molecule has 1 saturated carbocycles. The van der Waals surface area contributed by atoms with Crippen LogP contribution in [0.4, 0.5) is 0 Å². The molecule has 0 aromatic carbocycles. The van der Waals surface area contributed by atoms with E-state index in [-0.39, 0.29) is 0 Å². The van der Waals surface area contributed by atoms with Crippen molar-refractivity contribution in [2.75, 3.05) is 5.75 Å². The van der Waals surface area contributed by atoms with Crippen molar-refractivity contribution in [1.29, 1.82) is 0 Å². The van der Waals surface area contributed by atoms with E-state index in [1.165, 1.54) is 12.8 Å². The molecule has 0 spiro atoms. The average Bonchev–Trinajstić information content (AvgIpc) is 3.05. The van der Waals surface area contributed by atoms with Crippen molar-refractivity contribution in [3.05, 3.63) is 23.7 Å². The van der Waals surface area contributed by atoms with Gasteiger partial charge in [-0.2, -0.15) is 16.9 Å². The van der Waals surface area contributed by atoms with E-state index in [4.69, 9.17) is 4.42 Å². The lowest BCUT2D eigenvalue weighted by Crippen LogP contribution is -1.99. The number of hydrogen-bond acceptors (Lipinski definition) is 4. The van der Waals surface area contributed by atoms with Gasteiger partial charge in [-0.1, -0.05) is 13.8 Å². The van der Waals surface area contributed by atoms with Gasteiger partial charge in [0.25, 0.3) is 0 Å². The van der Waals surface area contributed by atoms with Gasteiger partial charge in [-0.25, -0.2) is 9.67 Å². The van der Waals surface area contributed by atoms with E-state index in [0.717, 1.165) is 41.2 Å². The molecule has 0 amide bonds. The van der Waals surface area contributed by atoms with Gasteiger partial charge in [0.1, 0.15) is 5.76 Å². The van der Waals surface area contributed by atoms with E-state index in [0.29, 0.717) is 11.8 Å². The first-order valence-corrected chi connectivity index (χ1v) is 8.94. The Morgan fingerprint density at radius 1 is 1.38 bits per heavy atom.